The first-order valence-electron chi connectivity index (χ1n) is 5.82. The molecule has 5 heteroatoms. The van der Waals surface area contributed by atoms with Crippen molar-refractivity contribution in [3.63, 3.8) is 0 Å². The van der Waals surface area contributed by atoms with Crippen LogP contribution in [0.1, 0.15) is 17.4 Å². The molecule has 2 fully saturated rings. The lowest BCUT2D eigenvalue weighted by Gasteiger charge is -2.30. The minimum absolute atomic E-state index is 0.0390. The molecule has 2 saturated heterocycles. The highest BCUT2D eigenvalue weighted by molar-refractivity contribution is 5.84. The summed E-state index contributed by atoms with van der Waals surface area (Å²) in [7, 11) is 0. The number of rotatable bonds is 1. The topological polar surface area (TPSA) is 54.5 Å². The minimum atomic E-state index is -0.156. The van der Waals surface area contributed by atoms with E-state index in [-0.39, 0.29) is 18.1 Å². The number of nitrogens with zero attached hydrogens (tertiary/aromatic N) is 2. The molecule has 0 aliphatic carbocycles. The Bertz CT molecular complexity index is 432. The Labute approximate surface area is 99.8 Å². The van der Waals surface area contributed by atoms with Crippen LogP contribution < -0.4 is 5.32 Å². The van der Waals surface area contributed by atoms with Crippen molar-refractivity contribution in [2.75, 3.05) is 19.8 Å². The first-order valence-corrected chi connectivity index (χ1v) is 5.82. The van der Waals surface area contributed by atoms with Gasteiger partial charge in [-0.25, -0.2) is 0 Å². The molecule has 2 aliphatic rings. The van der Waals surface area contributed by atoms with Crippen LogP contribution in [0.5, 0.6) is 0 Å². The predicted molar refractivity (Wildman–Crippen MR) is 61.2 cm³/mol. The van der Waals surface area contributed by atoms with Gasteiger partial charge >= 0.3 is 0 Å². The molecule has 0 saturated carbocycles. The van der Waals surface area contributed by atoms with E-state index in [1.54, 1.807) is 0 Å². The number of hydrogen-bond donors (Lipinski definition) is 1. The molecule has 2 atom stereocenters. The number of carbonyl (C=O) groups excluding carboxylic acids is 1. The number of carbonyl (C=O) groups is 1. The number of pyridine rings is 1. The van der Waals surface area contributed by atoms with Gasteiger partial charge in [0.15, 0.2) is 0 Å². The van der Waals surface area contributed by atoms with E-state index >= 15 is 0 Å². The van der Waals surface area contributed by atoms with Gasteiger partial charge in [0, 0.05) is 12.7 Å². The lowest BCUT2D eigenvalue weighted by Crippen LogP contribution is -2.44. The van der Waals surface area contributed by atoms with Crippen LogP contribution in [0.25, 0.3) is 0 Å². The van der Waals surface area contributed by atoms with Crippen molar-refractivity contribution in [3.05, 3.63) is 29.6 Å². The van der Waals surface area contributed by atoms with Crippen LogP contribution in [0.4, 0.5) is 0 Å². The number of morpholine rings is 1. The summed E-state index contributed by atoms with van der Waals surface area (Å²) in [5, 5.41) is 2.98. The zero-order chi connectivity index (χ0) is 11.8. The van der Waals surface area contributed by atoms with Crippen LogP contribution >= 0.6 is 0 Å². The molecule has 2 unspecified atom stereocenters. The fourth-order valence-corrected chi connectivity index (χ4v) is 2.35. The summed E-state index contributed by atoms with van der Waals surface area (Å²) in [5.41, 5.74) is 2.02. The maximum atomic E-state index is 11.8. The highest BCUT2D eigenvalue weighted by Gasteiger charge is 2.42. The molecule has 2 aliphatic heterocycles. The van der Waals surface area contributed by atoms with E-state index in [9.17, 15) is 4.79 Å². The molecule has 0 bridgehead atoms. The molecule has 3 heterocycles. The van der Waals surface area contributed by atoms with E-state index in [0.29, 0.717) is 13.2 Å². The van der Waals surface area contributed by atoms with Gasteiger partial charge < -0.3 is 10.1 Å². The number of nitrogens with one attached hydrogen (secondary N) is 1. The molecular weight excluding hydrogens is 218 g/mol. The van der Waals surface area contributed by atoms with Gasteiger partial charge in [-0.15, -0.1) is 0 Å². The Kier molecular flexibility index (Phi) is 2.57. The van der Waals surface area contributed by atoms with Gasteiger partial charge in [0.1, 0.15) is 12.2 Å². The maximum Gasteiger partial charge on any atom is 0.241 e. The van der Waals surface area contributed by atoms with Crippen molar-refractivity contribution in [1.82, 2.24) is 15.2 Å². The monoisotopic (exact) mass is 233 g/mol. The quantitative estimate of drug-likeness (QED) is 0.754. The summed E-state index contributed by atoms with van der Waals surface area (Å²) in [6.07, 6.45) is 1.73. The zero-order valence-electron chi connectivity index (χ0n) is 9.72. The lowest BCUT2D eigenvalue weighted by atomic mass is 10.2. The minimum Gasteiger partial charge on any atom is -0.378 e. The zero-order valence-corrected chi connectivity index (χ0v) is 9.72. The lowest BCUT2D eigenvalue weighted by molar-refractivity contribution is -0.125. The predicted octanol–water partition coefficient (Wildman–Crippen LogP) is 0.219. The van der Waals surface area contributed by atoms with Crippen LogP contribution in [-0.4, -0.2) is 41.6 Å². The molecule has 17 heavy (non-hydrogen) atoms. The number of amides is 1. The average molecular weight is 233 g/mol. The highest BCUT2D eigenvalue weighted by Crippen LogP contribution is 2.26. The SMILES string of the molecule is Cc1ccc(C2NC(=O)C3COCCN32)nc1. The Morgan fingerprint density at radius 2 is 2.41 bits per heavy atom. The number of hydrogen-bond acceptors (Lipinski definition) is 4. The molecule has 1 aromatic heterocycles. The smallest absolute Gasteiger partial charge is 0.241 e. The number of aryl methyl sites for hydroxylation is 1. The van der Waals surface area contributed by atoms with E-state index in [0.717, 1.165) is 17.8 Å². The first-order chi connectivity index (χ1) is 8.25. The molecule has 90 valence electrons. The average Bonchev–Trinajstić information content (AvgIpc) is 2.69. The fourth-order valence-electron chi connectivity index (χ4n) is 2.35. The third kappa shape index (κ3) is 1.81. The van der Waals surface area contributed by atoms with Gasteiger partial charge in [-0.1, -0.05) is 6.07 Å². The van der Waals surface area contributed by atoms with Gasteiger partial charge in [-0.05, 0) is 18.6 Å². The Morgan fingerprint density at radius 1 is 1.53 bits per heavy atom. The normalized spacial score (nSPS) is 28.9. The molecule has 0 radical (unpaired) electrons. The van der Waals surface area contributed by atoms with Crippen molar-refractivity contribution >= 4 is 5.91 Å². The van der Waals surface area contributed by atoms with Gasteiger partial charge in [0.2, 0.25) is 5.91 Å². The van der Waals surface area contributed by atoms with E-state index in [2.05, 4.69) is 15.2 Å². The Balaban J connectivity index is 1.88. The molecular formula is C12H15N3O2. The first kappa shape index (κ1) is 10.7. The van der Waals surface area contributed by atoms with Gasteiger partial charge in [0.05, 0.1) is 18.9 Å². The third-order valence-corrected chi connectivity index (χ3v) is 3.30. The summed E-state index contributed by atoms with van der Waals surface area (Å²) < 4.78 is 5.33. The van der Waals surface area contributed by atoms with E-state index in [4.69, 9.17) is 4.74 Å². The van der Waals surface area contributed by atoms with Crippen LogP contribution in [0, 0.1) is 6.92 Å². The maximum absolute atomic E-state index is 11.8. The van der Waals surface area contributed by atoms with Gasteiger partial charge in [0.25, 0.3) is 0 Å². The number of ether oxygens (including phenoxy) is 1. The van der Waals surface area contributed by atoms with Crippen molar-refractivity contribution in [2.24, 2.45) is 0 Å². The summed E-state index contributed by atoms with van der Waals surface area (Å²) in [4.78, 5) is 18.3. The second kappa shape index (κ2) is 4.09. The molecule has 1 N–H and O–H groups in total. The molecule has 5 nitrogen and oxygen atoms in total. The largest absolute Gasteiger partial charge is 0.378 e. The van der Waals surface area contributed by atoms with E-state index < -0.39 is 0 Å². The van der Waals surface area contributed by atoms with E-state index in [1.165, 1.54) is 0 Å². The standard InChI is InChI=1S/C12H15N3O2/c1-8-2-3-9(13-6-8)11-14-12(16)10-7-17-5-4-15(10)11/h2-3,6,10-11H,4-5,7H2,1H3,(H,14,16). The third-order valence-electron chi connectivity index (χ3n) is 3.30. The molecule has 0 spiro atoms. The fraction of sp³-hybridized carbons (Fsp3) is 0.500. The highest BCUT2D eigenvalue weighted by atomic mass is 16.5. The summed E-state index contributed by atoms with van der Waals surface area (Å²) in [5.74, 6) is 0.0390. The molecule has 0 aromatic carbocycles. The van der Waals surface area contributed by atoms with Crippen LogP contribution in [0.15, 0.2) is 18.3 Å². The van der Waals surface area contributed by atoms with E-state index in [1.807, 2.05) is 25.3 Å². The van der Waals surface area contributed by atoms with Crippen molar-refractivity contribution in [3.8, 4) is 0 Å². The van der Waals surface area contributed by atoms with Crippen LogP contribution in [0.2, 0.25) is 0 Å². The molecule has 1 aromatic rings. The van der Waals surface area contributed by atoms with Gasteiger partial charge in [-0.3, -0.25) is 14.7 Å². The molecule has 3 rings (SSSR count). The van der Waals surface area contributed by atoms with Crippen molar-refractivity contribution in [1.29, 1.82) is 0 Å². The summed E-state index contributed by atoms with van der Waals surface area (Å²) in [6.45, 7) is 3.92. The number of aromatic nitrogens is 1. The summed E-state index contributed by atoms with van der Waals surface area (Å²) >= 11 is 0. The number of fused-ring (bicyclic) bond motifs is 1. The Hall–Kier alpha value is -1.46. The van der Waals surface area contributed by atoms with Crippen LogP contribution in [0.3, 0.4) is 0 Å². The molecule has 1 amide bonds. The second-order valence-electron chi connectivity index (χ2n) is 4.50. The van der Waals surface area contributed by atoms with Gasteiger partial charge in [-0.2, -0.15) is 0 Å². The van der Waals surface area contributed by atoms with Crippen LogP contribution in [-0.2, 0) is 9.53 Å². The summed E-state index contributed by atoms with van der Waals surface area (Å²) in [6, 6.07) is 3.83. The van der Waals surface area contributed by atoms with Crippen molar-refractivity contribution < 1.29 is 9.53 Å². The van der Waals surface area contributed by atoms with Crippen molar-refractivity contribution in [2.45, 2.75) is 19.1 Å². The second-order valence-corrected chi connectivity index (χ2v) is 4.50. The Morgan fingerprint density at radius 3 is 3.18 bits per heavy atom.